The monoisotopic (exact) mass is 546 g/mol. The van der Waals surface area contributed by atoms with Gasteiger partial charge in [-0.3, -0.25) is 9.48 Å². The van der Waals surface area contributed by atoms with E-state index >= 15 is 0 Å². The number of para-hydroxylation sites is 1. The Balaban J connectivity index is 1.42. The number of alkyl halides is 3. The second kappa shape index (κ2) is 9.74. The molecule has 0 spiro atoms. The van der Waals surface area contributed by atoms with Crippen molar-refractivity contribution in [2.24, 2.45) is 0 Å². The van der Waals surface area contributed by atoms with Crippen LogP contribution < -0.4 is 10.6 Å². The van der Waals surface area contributed by atoms with Crippen molar-refractivity contribution in [3.63, 3.8) is 0 Å². The number of anilines is 3. The Morgan fingerprint density at radius 1 is 0.950 bits per heavy atom. The molecule has 1 saturated carbocycles. The van der Waals surface area contributed by atoms with E-state index in [-0.39, 0.29) is 11.5 Å². The highest BCUT2D eigenvalue weighted by Crippen LogP contribution is 2.38. The second-order valence-corrected chi connectivity index (χ2v) is 9.63. The topological polar surface area (TPSA) is 84.7 Å². The van der Waals surface area contributed by atoms with Gasteiger partial charge in [-0.25, -0.2) is 14.4 Å². The van der Waals surface area contributed by atoms with Crippen LogP contribution in [0.25, 0.3) is 22.4 Å². The van der Waals surface area contributed by atoms with Crippen molar-refractivity contribution in [2.45, 2.75) is 32.0 Å². The number of hydrogen-bond acceptors (Lipinski definition) is 5. The van der Waals surface area contributed by atoms with E-state index in [9.17, 15) is 22.4 Å². The lowest BCUT2D eigenvalue weighted by Crippen LogP contribution is -2.16. The first-order chi connectivity index (χ1) is 19.2. The van der Waals surface area contributed by atoms with Crippen molar-refractivity contribution in [3.8, 4) is 11.4 Å². The summed E-state index contributed by atoms with van der Waals surface area (Å²) < 4.78 is 55.7. The van der Waals surface area contributed by atoms with Crippen LogP contribution in [0.5, 0.6) is 0 Å². The first kappa shape index (κ1) is 25.5. The number of fused-ring (bicyclic) bond motifs is 1. The molecule has 202 valence electrons. The van der Waals surface area contributed by atoms with Gasteiger partial charge in [-0.1, -0.05) is 18.2 Å². The van der Waals surface area contributed by atoms with Crippen molar-refractivity contribution in [1.82, 2.24) is 19.7 Å². The lowest BCUT2D eigenvalue weighted by Gasteiger charge is -2.16. The van der Waals surface area contributed by atoms with Crippen molar-refractivity contribution >= 4 is 34.1 Å². The van der Waals surface area contributed by atoms with E-state index in [2.05, 4.69) is 20.7 Å². The number of pyridine rings is 2. The van der Waals surface area contributed by atoms with Crippen LogP contribution in [0, 0.1) is 12.7 Å². The van der Waals surface area contributed by atoms with Crippen LogP contribution in [0.3, 0.4) is 0 Å². The molecule has 1 aliphatic rings. The van der Waals surface area contributed by atoms with E-state index in [0.717, 1.165) is 30.2 Å². The molecule has 1 fully saturated rings. The third-order valence-corrected chi connectivity index (χ3v) is 6.63. The molecule has 5 aromatic rings. The minimum atomic E-state index is -4.81. The Morgan fingerprint density at radius 3 is 2.50 bits per heavy atom. The summed E-state index contributed by atoms with van der Waals surface area (Å²) in [4.78, 5) is 22.5. The maximum Gasteiger partial charge on any atom is 0.416 e. The third kappa shape index (κ3) is 5.09. The second-order valence-electron chi connectivity index (χ2n) is 9.63. The molecule has 0 unspecified atom stereocenters. The van der Waals surface area contributed by atoms with E-state index in [0.29, 0.717) is 40.6 Å². The predicted octanol–water partition coefficient (Wildman–Crippen LogP) is 7.29. The average molecular weight is 547 g/mol. The highest BCUT2D eigenvalue weighted by molar-refractivity contribution is 6.07. The lowest BCUT2D eigenvalue weighted by molar-refractivity contribution is -0.137. The van der Waals surface area contributed by atoms with Gasteiger partial charge in [-0.15, -0.1) is 0 Å². The number of nitrogens with one attached hydrogen (secondary N) is 2. The molecular formula is C29H22F4N6O. The molecule has 0 bridgehead atoms. The lowest BCUT2D eigenvalue weighted by atomic mass is 10.1. The zero-order valence-corrected chi connectivity index (χ0v) is 21.1. The van der Waals surface area contributed by atoms with Gasteiger partial charge in [0.25, 0.3) is 5.91 Å². The third-order valence-electron chi connectivity index (χ3n) is 6.63. The number of aromatic nitrogens is 4. The van der Waals surface area contributed by atoms with Crippen LogP contribution in [0.2, 0.25) is 0 Å². The molecule has 40 heavy (non-hydrogen) atoms. The van der Waals surface area contributed by atoms with Crippen LogP contribution in [0.1, 0.15) is 40.4 Å². The molecular weight excluding hydrogens is 524 g/mol. The molecule has 1 aliphatic carbocycles. The number of amides is 1. The minimum Gasteiger partial charge on any atom is -0.338 e. The molecule has 0 radical (unpaired) electrons. The zero-order chi connectivity index (χ0) is 28.0. The molecule has 0 saturated heterocycles. The highest BCUT2D eigenvalue weighted by Gasteiger charge is 2.32. The first-order valence-corrected chi connectivity index (χ1v) is 12.5. The standard InChI is InChI=1S/C29H22F4N6O/c1-16-4-2-3-5-21(16)36-27-25(38-28(40)17-12-18(29(31,32)33)14-19(30)13-17)15-24-22(37-27)8-9-23(35-24)26-10-11-34-39(26)20-6-7-20/h2-5,8-15,20H,6-7H2,1H3,(H,36,37)(H,38,40). The summed E-state index contributed by atoms with van der Waals surface area (Å²) in [6.07, 6.45) is -1.01. The van der Waals surface area contributed by atoms with E-state index in [4.69, 9.17) is 4.98 Å². The SMILES string of the molecule is Cc1ccccc1Nc1nc2ccc(-c3ccnn3C3CC3)nc2cc1NC(=O)c1cc(F)cc(C(F)(F)F)c1. The fourth-order valence-corrected chi connectivity index (χ4v) is 4.43. The number of carbonyl (C=O) groups excluding carboxylic acids is 1. The van der Waals surface area contributed by atoms with Crippen molar-refractivity contribution < 1.29 is 22.4 Å². The van der Waals surface area contributed by atoms with Gasteiger partial charge in [0.1, 0.15) is 5.82 Å². The minimum absolute atomic E-state index is 0.166. The fourth-order valence-electron chi connectivity index (χ4n) is 4.43. The largest absolute Gasteiger partial charge is 0.416 e. The summed E-state index contributed by atoms with van der Waals surface area (Å²) in [6, 6.07) is 16.6. The highest BCUT2D eigenvalue weighted by atomic mass is 19.4. The van der Waals surface area contributed by atoms with Gasteiger partial charge < -0.3 is 10.6 Å². The zero-order valence-electron chi connectivity index (χ0n) is 21.1. The van der Waals surface area contributed by atoms with Gasteiger partial charge >= 0.3 is 6.18 Å². The number of rotatable bonds is 6. The fraction of sp³-hybridized carbons (Fsp3) is 0.172. The summed E-state index contributed by atoms with van der Waals surface area (Å²) in [5.41, 5.74) is 2.53. The number of halogens is 4. The van der Waals surface area contributed by atoms with E-state index in [1.807, 2.05) is 48.0 Å². The number of carbonyl (C=O) groups is 1. The summed E-state index contributed by atoms with van der Waals surface area (Å²) in [7, 11) is 0. The summed E-state index contributed by atoms with van der Waals surface area (Å²) >= 11 is 0. The molecule has 3 aromatic heterocycles. The smallest absolute Gasteiger partial charge is 0.338 e. The molecule has 11 heteroatoms. The molecule has 6 rings (SSSR count). The van der Waals surface area contributed by atoms with Gasteiger partial charge in [0.05, 0.1) is 39.7 Å². The van der Waals surface area contributed by atoms with Gasteiger partial charge in [0.15, 0.2) is 5.82 Å². The Kier molecular flexibility index (Phi) is 6.21. The summed E-state index contributed by atoms with van der Waals surface area (Å²) in [5.74, 6) is -1.85. The number of nitrogens with zero attached hydrogens (tertiary/aromatic N) is 4. The number of aryl methyl sites for hydroxylation is 1. The van der Waals surface area contributed by atoms with Crippen LogP contribution in [0.15, 0.2) is 72.9 Å². The molecule has 7 nitrogen and oxygen atoms in total. The van der Waals surface area contributed by atoms with Gasteiger partial charge in [0, 0.05) is 17.4 Å². The van der Waals surface area contributed by atoms with E-state index in [1.54, 1.807) is 18.3 Å². The molecule has 0 atom stereocenters. The normalized spacial score (nSPS) is 13.4. The first-order valence-electron chi connectivity index (χ1n) is 12.5. The van der Waals surface area contributed by atoms with Crippen LogP contribution >= 0.6 is 0 Å². The maximum atomic E-state index is 14.0. The molecule has 2 aromatic carbocycles. The molecule has 2 N–H and O–H groups in total. The van der Waals surface area contributed by atoms with Crippen LogP contribution in [0.4, 0.5) is 34.8 Å². The van der Waals surface area contributed by atoms with E-state index in [1.165, 1.54) is 0 Å². The van der Waals surface area contributed by atoms with Crippen molar-refractivity contribution in [2.75, 3.05) is 10.6 Å². The van der Waals surface area contributed by atoms with Gasteiger partial charge in [-0.05, 0) is 73.9 Å². The Morgan fingerprint density at radius 2 is 1.75 bits per heavy atom. The predicted molar refractivity (Wildman–Crippen MR) is 143 cm³/mol. The Bertz CT molecular complexity index is 1760. The Hall–Kier alpha value is -4.80. The maximum absolute atomic E-state index is 14.0. The number of hydrogen-bond donors (Lipinski definition) is 2. The van der Waals surface area contributed by atoms with Crippen LogP contribution in [-0.2, 0) is 6.18 Å². The molecule has 0 aliphatic heterocycles. The Labute approximate surface area is 225 Å². The summed E-state index contributed by atoms with van der Waals surface area (Å²) in [6.45, 7) is 1.89. The van der Waals surface area contributed by atoms with E-state index < -0.39 is 29.0 Å². The van der Waals surface area contributed by atoms with Gasteiger partial charge in [0.2, 0.25) is 0 Å². The van der Waals surface area contributed by atoms with Crippen molar-refractivity contribution in [1.29, 1.82) is 0 Å². The summed E-state index contributed by atoms with van der Waals surface area (Å²) in [5, 5.41) is 10.2. The van der Waals surface area contributed by atoms with Crippen LogP contribution in [-0.4, -0.2) is 25.7 Å². The van der Waals surface area contributed by atoms with Crippen molar-refractivity contribution in [3.05, 3.63) is 95.4 Å². The number of benzene rings is 2. The molecule has 1 amide bonds. The average Bonchev–Trinajstić information content (AvgIpc) is 3.65. The molecule has 3 heterocycles. The quantitative estimate of drug-likeness (QED) is 0.219. The van der Waals surface area contributed by atoms with Gasteiger partial charge in [-0.2, -0.15) is 18.3 Å².